The van der Waals surface area contributed by atoms with Crippen LogP contribution in [0.25, 0.3) is 67.3 Å². The molecule has 3 aliphatic rings. The summed E-state index contributed by atoms with van der Waals surface area (Å²) in [4.78, 5) is 10.3. The van der Waals surface area contributed by atoms with Gasteiger partial charge in [-0.3, -0.25) is 0 Å². The third-order valence-electron chi connectivity index (χ3n) is 13.0. The Kier molecular flexibility index (Phi) is 7.19. The van der Waals surface area contributed by atoms with Gasteiger partial charge >= 0.3 is 0 Å². The summed E-state index contributed by atoms with van der Waals surface area (Å²) >= 11 is 0. The van der Waals surface area contributed by atoms with Crippen molar-refractivity contribution in [3.05, 3.63) is 228 Å². The zero-order valence-electron chi connectivity index (χ0n) is 32.8. The largest absolute Gasteiger partial charge is 0.457 e. The van der Waals surface area contributed by atoms with E-state index in [0.717, 1.165) is 56.3 Å². The van der Waals surface area contributed by atoms with Crippen LogP contribution in [0.4, 0.5) is 0 Å². The number of benzene rings is 8. The van der Waals surface area contributed by atoms with Crippen LogP contribution >= 0.6 is 0 Å². The SMILES string of the molecule is CC1(C)c2ccccc2-c2ccc(-c3cc(-c4ccc(-c5ccc6c(c5)Oc5ccccc5C65c6ccccc6-c6ccccc65)cc4)nc(-c4ccccc4)n3)cc21. The number of para-hydroxylation sites is 1. The van der Waals surface area contributed by atoms with Gasteiger partial charge in [0.2, 0.25) is 0 Å². The maximum absolute atomic E-state index is 6.80. The van der Waals surface area contributed by atoms with Gasteiger partial charge in [0, 0.05) is 33.2 Å². The Hall–Kier alpha value is -7.36. The lowest BCUT2D eigenvalue weighted by molar-refractivity contribution is 0.436. The van der Waals surface area contributed by atoms with Crippen molar-refractivity contribution in [3.8, 4) is 78.8 Å². The van der Waals surface area contributed by atoms with Crippen molar-refractivity contribution in [1.82, 2.24) is 9.97 Å². The van der Waals surface area contributed by atoms with Crippen molar-refractivity contribution in [2.24, 2.45) is 0 Å². The molecular formula is C56H38N2O. The van der Waals surface area contributed by atoms with Gasteiger partial charge in [-0.2, -0.15) is 0 Å². The van der Waals surface area contributed by atoms with Crippen molar-refractivity contribution in [3.63, 3.8) is 0 Å². The fourth-order valence-corrected chi connectivity index (χ4v) is 10.2. The number of aromatic nitrogens is 2. The average Bonchev–Trinajstić information content (AvgIpc) is 3.72. The minimum atomic E-state index is -0.473. The highest BCUT2D eigenvalue weighted by atomic mass is 16.5. The molecule has 1 aromatic heterocycles. The van der Waals surface area contributed by atoms with E-state index in [9.17, 15) is 0 Å². The second-order valence-corrected chi connectivity index (χ2v) is 16.5. The molecular weight excluding hydrogens is 717 g/mol. The molecule has 1 aliphatic heterocycles. The third-order valence-corrected chi connectivity index (χ3v) is 13.0. The summed E-state index contributed by atoms with van der Waals surface area (Å²) in [5.41, 5.74) is 19.3. The van der Waals surface area contributed by atoms with Crippen molar-refractivity contribution in [1.29, 1.82) is 0 Å². The number of nitrogens with zero attached hydrogens (tertiary/aromatic N) is 2. The Balaban J connectivity index is 0.947. The van der Waals surface area contributed by atoms with Gasteiger partial charge in [0.25, 0.3) is 0 Å². The third kappa shape index (κ3) is 4.88. The highest BCUT2D eigenvalue weighted by Crippen LogP contribution is 2.62. The zero-order chi connectivity index (χ0) is 39.3. The van der Waals surface area contributed by atoms with Gasteiger partial charge in [0.05, 0.1) is 16.8 Å². The van der Waals surface area contributed by atoms with Gasteiger partial charge in [-0.15, -0.1) is 0 Å². The molecule has 0 saturated heterocycles. The van der Waals surface area contributed by atoms with E-state index in [1.165, 1.54) is 50.1 Å². The molecule has 2 aliphatic carbocycles. The smallest absolute Gasteiger partial charge is 0.160 e. The molecule has 3 heteroatoms. The zero-order valence-corrected chi connectivity index (χ0v) is 32.8. The van der Waals surface area contributed by atoms with Crippen molar-refractivity contribution in [2.45, 2.75) is 24.7 Å². The second-order valence-electron chi connectivity index (χ2n) is 16.5. The predicted molar refractivity (Wildman–Crippen MR) is 239 cm³/mol. The van der Waals surface area contributed by atoms with Crippen LogP contribution in [0.2, 0.25) is 0 Å². The highest BCUT2D eigenvalue weighted by Gasteiger charge is 2.51. The summed E-state index contributed by atoms with van der Waals surface area (Å²) in [5.74, 6) is 2.48. The van der Waals surface area contributed by atoms with Crippen LogP contribution < -0.4 is 4.74 Å². The first kappa shape index (κ1) is 33.7. The Morgan fingerprint density at radius 1 is 0.339 bits per heavy atom. The Morgan fingerprint density at radius 2 is 0.847 bits per heavy atom. The van der Waals surface area contributed by atoms with Crippen LogP contribution in [0.1, 0.15) is 47.2 Å². The molecule has 0 atom stereocenters. The van der Waals surface area contributed by atoms with E-state index < -0.39 is 5.41 Å². The van der Waals surface area contributed by atoms with E-state index in [0.29, 0.717) is 5.82 Å². The molecule has 278 valence electrons. The molecule has 0 unspecified atom stereocenters. The molecule has 9 aromatic rings. The standard InChI is InChI=1S/C56H38N2O/c1-55(2)44-19-9-6-16-40(44)43-30-28-39(32-49(43)55)51-34-50(57-54(58-51)37-14-4-3-5-15-37)36-26-24-35(25-27-36)38-29-31-48-53(33-38)59-52-23-13-12-22-47(52)56(48)45-20-10-7-17-41(45)42-18-8-11-21-46(42)56/h3-34H,1-2H3. The predicted octanol–water partition coefficient (Wildman–Crippen LogP) is 13.9. The van der Waals surface area contributed by atoms with E-state index in [-0.39, 0.29) is 5.41 Å². The van der Waals surface area contributed by atoms with Crippen LogP contribution in [-0.2, 0) is 10.8 Å². The first-order chi connectivity index (χ1) is 29.0. The Bertz CT molecular complexity index is 3120. The van der Waals surface area contributed by atoms with E-state index in [1.807, 2.05) is 18.2 Å². The lowest BCUT2D eigenvalue weighted by atomic mass is 9.66. The first-order valence-corrected chi connectivity index (χ1v) is 20.4. The van der Waals surface area contributed by atoms with Gasteiger partial charge in [-0.1, -0.05) is 184 Å². The molecule has 0 amide bonds. The molecule has 12 rings (SSSR count). The maximum atomic E-state index is 6.80. The summed E-state index contributed by atoms with van der Waals surface area (Å²) in [6.45, 7) is 4.64. The van der Waals surface area contributed by atoms with Crippen molar-refractivity contribution < 1.29 is 4.74 Å². The van der Waals surface area contributed by atoms with E-state index in [2.05, 4.69) is 190 Å². The summed E-state index contributed by atoms with van der Waals surface area (Å²) in [6, 6.07) is 69.8. The number of hydrogen-bond donors (Lipinski definition) is 0. The quantitative estimate of drug-likeness (QED) is 0.179. The van der Waals surface area contributed by atoms with Crippen molar-refractivity contribution >= 4 is 0 Å². The molecule has 0 radical (unpaired) electrons. The van der Waals surface area contributed by atoms with Crippen molar-refractivity contribution in [2.75, 3.05) is 0 Å². The second kappa shape index (κ2) is 12.6. The van der Waals surface area contributed by atoms with E-state index >= 15 is 0 Å². The molecule has 2 heterocycles. The maximum Gasteiger partial charge on any atom is 0.160 e. The van der Waals surface area contributed by atoms with Gasteiger partial charge in [-0.05, 0) is 79.9 Å². The molecule has 3 nitrogen and oxygen atoms in total. The van der Waals surface area contributed by atoms with E-state index in [1.54, 1.807) is 0 Å². The van der Waals surface area contributed by atoms with Gasteiger partial charge in [0.15, 0.2) is 5.82 Å². The number of fused-ring (bicyclic) bond motifs is 12. The fraction of sp³-hybridized carbons (Fsp3) is 0.0714. The normalized spacial score (nSPS) is 14.3. The minimum Gasteiger partial charge on any atom is -0.457 e. The fourth-order valence-electron chi connectivity index (χ4n) is 10.2. The van der Waals surface area contributed by atoms with E-state index in [4.69, 9.17) is 14.7 Å². The Morgan fingerprint density at radius 3 is 1.56 bits per heavy atom. The summed E-state index contributed by atoms with van der Waals surface area (Å²) in [6.07, 6.45) is 0. The van der Waals surface area contributed by atoms with Crippen LogP contribution in [0.5, 0.6) is 11.5 Å². The minimum absolute atomic E-state index is 0.104. The van der Waals surface area contributed by atoms with Crippen LogP contribution in [0.15, 0.2) is 194 Å². The molecule has 0 fully saturated rings. The van der Waals surface area contributed by atoms with Crippen LogP contribution in [0, 0.1) is 0 Å². The van der Waals surface area contributed by atoms with Gasteiger partial charge in [-0.25, -0.2) is 9.97 Å². The molecule has 59 heavy (non-hydrogen) atoms. The molecule has 8 aromatic carbocycles. The topological polar surface area (TPSA) is 35.0 Å². The molecule has 0 saturated carbocycles. The number of ether oxygens (including phenoxy) is 1. The monoisotopic (exact) mass is 754 g/mol. The highest BCUT2D eigenvalue weighted by molar-refractivity contribution is 5.89. The first-order valence-electron chi connectivity index (χ1n) is 20.4. The van der Waals surface area contributed by atoms with Crippen LogP contribution in [-0.4, -0.2) is 9.97 Å². The summed E-state index contributed by atoms with van der Waals surface area (Å²) in [7, 11) is 0. The molecule has 1 spiro atoms. The average molecular weight is 755 g/mol. The lowest BCUT2D eigenvalue weighted by Crippen LogP contribution is -2.32. The summed E-state index contributed by atoms with van der Waals surface area (Å²) < 4.78 is 6.80. The van der Waals surface area contributed by atoms with Gasteiger partial charge < -0.3 is 4.74 Å². The van der Waals surface area contributed by atoms with Gasteiger partial charge in [0.1, 0.15) is 11.5 Å². The molecule has 0 bridgehead atoms. The number of hydrogen-bond acceptors (Lipinski definition) is 3. The lowest BCUT2D eigenvalue weighted by Gasteiger charge is -2.39. The summed E-state index contributed by atoms with van der Waals surface area (Å²) in [5, 5.41) is 0. The number of rotatable bonds is 4. The molecule has 0 N–H and O–H groups in total. The Labute approximate surface area is 344 Å². The van der Waals surface area contributed by atoms with Crippen LogP contribution in [0.3, 0.4) is 0 Å².